The standard InChI is InChI=1S/C24H25FN6O/c1-5-32-16(2)19-7-8-20(18-6-9-21(25)27-14-18)23(22(19)26-3)31-12-10-17(11-13-31)24-29-28-15-30(24)4/h6-9,14-15,17H,2,5,10-13H2,1,4H3. The van der Waals surface area contributed by atoms with Crippen molar-refractivity contribution >= 4 is 17.1 Å². The van der Waals surface area contributed by atoms with Gasteiger partial charge in [-0.05, 0) is 37.5 Å². The fraction of sp³-hybridized carbons (Fsp3) is 0.333. The number of ether oxygens (including phenoxy) is 1. The second kappa shape index (κ2) is 9.18. The zero-order valence-corrected chi connectivity index (χ0v) is 18.3. The Morgan fingerprint density at radius 2 is 2.06 bits per heavy atom. The molecule has 0 amide bonds. The first kappa shape index (κ1) is 21.5. The number of rotatable bonds is 6. The lowest BCUT2D eigenvalue weighted by Crippen LogP contribution is -2.34. The highest BCUT2D eigenvalue weighted by atomic mass is 19.1. The molecule has 1 aromatic carbocycles. The largest absolute Gasteiger partial charge is 0.495 e. The Morgan fingerprint density at radius 1 is 1.28 bits per heavy atom. The van der Waals surface area contributed by atoms with Gasteiger partial charge < -0.3 is 14.2 Å². The van der Waals surface area contributed by atoms with Gasteiger partial charge in [0, 0.05) is 43.4 Å². The van der Waals surface area contributed by atoms with Gasteiger partial charge in [-0.1, -0.05) is 18.7 Å². The molecule has 8 heteroatoms. The maximum atomic E-state index is 13.5. The minimum atomic E-state index is -0.536. The fourth-order valence-electron chi connectivity index (χ4n) is 4.28. The smallest absolute Gasteiger partial charge is 0.221 e. The number of pyridine rings is 1. The van der Waals surface area contributed by atoms with Crippen molar-refractivity contribution in [3.63, 3.8) is 0 Å². The number of aryl methyl sites for hydroxylation is 1. The van der Waals surface area contributed by atoms with Crippen molar-refractivity contribution in [2.24, 2.45) is 7.05 Å². The summed E-state index contributed by atoms with van der Waals surface area (Å²) in [5.41, 5.74) is 3.57. The van der Waals surface area contributed by atoms with E-state index in [1.165, 1.54) is 12.3 Å². The van der Waals surface area contributed by atoms with Crippen LogP contribution in [-0.4, -0.2) is 39.4 Å². The molecule has 1 aliphatic rings. The summed E-state index contributed by atoms with van der Waals surface area (Å²) in [7, 11) is 1.96. The lowest BCUT2D eigenvalue weighted by atomic mass is 9.93. The van der Waals surface area contributed by atoms with Crippen LogP contribution in [0.25, 0.3) is 21.7 Å². The summed E-state index contributed by atoms with van der Waals surface area (Å²) < 4.78 is 21.0. The highest BCUT2D eigenvalue weighted by Crippen LogP contribution is 2.45. The molecule has 1 saturated heterocycles. The van der Waals surface area contributed by atoms with E-state index in [0.29, 0.717) is 29.5 Å². The van der Waals surface area contributed by atoms with Crippen LogP contribution in [0.15, 0.2) is 43.4 Å². The Morgan fingerprint density at radius 3 is 2.66 bits per heavy atom. The van der Waals surface area contributed by atoms with Gasteiger partial charge in [-0.15, -0.1) is 10.2 Å². The van der Waals surface area contributed by atoms with Gasteiger partial charge in [-0.2, -0.15) is 4.39 Å². The monoisotopic (exact) mass is 432 g/mol. The van der Waals surface area contributed by atoms with Crippen LogP contribution in [0, 0.1) is 12.5 Å². The number of piperidine rings is 1. The molecule has 32 heavy (non-hydrogen) atoms. The lowest BCUT2D eigenvalue weighted by Gasteiger charge is -2.35. The van der Waals surface area contributed by atoms with E-state index < -0.39 is 5.95 Å². The normalized spacial score (nSPS) is 14.2. The number of hydrogen-bond donors (Lipinski definition) is 0. The third kappa shape index (κ3) is 4.06. The minimum absolute atomic E-state index is 0.313. The molecule has 1 aliphatic heterocycles. The van der Waals surface area contributed by atoms with Crippen LogP contribution in [0.2, 0.25) is 0 Å². The average molecular weight is 433 g/mol. The highest BCUT2D eigenvalue weighted by molar-refractivity contribution is 5.94. The number of halogens is 1. The quantitative estimate of drug-likeness (QED) is 0.313. The highest BCUT2D eigenvalue weighted by Gasteiger charge is 2.28. The summed E-state index contributed by atoms with van der Waals surface area (Å²) in [5.74, 6) is 1.23. The van der Waals surface area contributed by atoms with Crippen molar-refractivity contribution in [3.05, 3.63) is 72.1 Å². The summed E-state index contributed by atoms with van der Waals surface area (Å²) >= 11 is 0. The number of anilines is 1. The van der Waals surface area contributed by atoms with E-state index in [1.807, 2.05) is 30.7 Å². The van der Waals surface area contributed by atoms with Crippen molar-refractivity contribution in [2.75, 3.05) is 24.6 Å². The summed E-state index contributed by atoms with van der Waals surface area (Å²) in [5, 5.41) is 8.29. The molecule has 164 valence electrons. The van der Waals surface area contributed by atoms with Gasteiger partial charge in [-0.25, -0.2) is 9.83 Å². The summed E-state index contributed by atoms with van der Waals surface area (Å²) in [4.78, 5) is 9.92. The van der Waals surface area contributed by atoms with Crippen LogP contribution in [0.4, 0.5) is 15.8 Å². The van der Waals surface area contributed by atoms with Crippen LogP contribution >= 0.6 is 0 Å². The molecule has 7 nitrogen and oxygen atoms in total. The van der Waals surface area contributed by atoms with Gasteiger partial charge in [0.1, 0.15) is 17.9 Å². The third-order valence-electron chi connectivity index (χ3n) is 5.84. The Kier molecular flexibility index (Phi) is 6.17. The van der Waals surface area contributed by atoms with Crippen LogP contribution in [-0.2, 0) is 11.8 Å². The molecule has 0 saturated carbocycles. The van der Waals surface area contributed by atoms with Crippen molar-refractivity contribution in [1.82, 2.24) is 19.7 Å². The van der Waals surface area contributed by atoms with Crippen molar-refractivity contribution in [3.8, 4) is 11.1 Å². The van der Waals surface area contributed by atoms with Crippen molar-refractivity contribution in [1.29, 1.82) is 0 Å². The van der Waals surface area contributed by atoms with E-state index in [4.69, 9.17) is 11.3 Å². The molecule has 0 radical (unpaired) electrons. The Labute approximate surface area is 187 Å². The van der Waals surface area contributed by atoms with Crippen LogP contribution in [0.3, 0.4) is 0 Å². The van der Waals surface area contributed by atoms with Gasteiger partial charge in [0.2, 0.25) is 11.6 Å². The molecule has 1 fully saturated rings. The second-order valence-corrected chi connectivity index (χ2v) is 7.76. The zero-order valence-electron chi connectivity index (χ0n) is 18.3. The number of aromatic nitrogens is 4. The van der Waals surface area contributed by atoms with E-state index in [-0.39, 0.29) is 0 Å². The predicted octanol–water partition coefficient (Wildman–Crippen LogP) is 4.96. The molecule has 2 aromatic heterocycles. The molecule has 0 atom stereocenters. The van der Waals surface area contributed by atoms with Crippen molar-refractivity contribution < 1.29 is 9.13 Å². The Bertz CT molecular complexity index is 1160. The first-order valence-corrected chi connectivity index (χ1v) is 10.6. The molecule has 4 rings (SSSR count). The topological polar surface area (TPSA) is 60.4 Å². The molecule has 0 N–H and O–H groups in total. The number of hydrogen-bond acceptors (Lipinski definition) is 5. The van der Waals surface area contributed by atoms with Gasteiger partial charge >= 0.3 is 0 Å². The van der Waals surface area contributed by atoms with Gasteiger partial charge in [-0.3, -0.25) is 0 Å². The number of nitrogens with zero attached hydrogens (tertiary/aromatic N) is 6. The lowest BCUT2D eigenvalue weighted by molar-refractivity contribution is 0.299. The molecule has 0 bridgehead atoms. The molecular weight excluding hydrogens is 407 g/mol. The maximum absolute atomic E-state index is 13.5. The summed E-state index contributed by atoms with van der Waals surface area (Å²) in [6, 6.07) is 6.81. The van der Waals surface area contributed by atoms with E-state index in [0.717, 1.165) is 48.6 Å². The van der Waals surface area contributed by atoms with Crippen molar-refractivity contribution in [2.45, 2.75) is 25.7 Å². The van der Waals surface area contributed by atoms with Gasteiger partial charge in [0.25, 0.3) is 0 Å². The maximum Gasteiger partial charge on any atom is 0.221 e. The molecular formula is C24H25FN6O. The molecule has 0 aliphatic carbocycles. The van der Waals surface area contributed by atoms with E-state index in [9.17, 15) is 4.39 Å². The van der Waals surface area contributed by atoms with Crippen LogP contribution in [0.5, 0.6) is 0 Å². The molecule has 3 heterocycles. The second-order valence-electron chi connectivity index (χ2n) is 7.76. The molecule has 0 unspecified atom stereocenters. The zero-order chi connectivity index (χ0) is 22.7. The first-order valence-electron chi connectivity index (χ1n) is 10.6. The molecule has 3 aromatic rings. The minimum Gasteiger partial charge on any atom is -0.495 e. The SMILES string of the molecule is [C-]#[N+]c1c(C(=C)OCC)ccc(-c2ccc(F)nc2)c1N1CCC(c2nncn2C)CC1. The van der Waals surface area contributed by atoms with Gasteiger partial charge in [0.15, 0.2) is 0 Å². The van der Waals surface area contributed by atoms with Gasteiger partial charge in [0.05, 0.1) is 18.9 Å². The Hall–Kier alpha value is -3.73. The van der Waals surface area contributed by atoms with E-state index in [1.54, 1.807) is 12.4 Å². The Balaban J connectivity index is 1.75. The number of benzene rings is 1. The average Bonchev–Trinajstić information content (AvgIpc) is 3.24. The third-order valence-corrected chi connectivity index (χ3v) is 5.84. The van der Waals surface area contributed by atoms with E-state index >= 15 is 0 Å². The van der Waals surface area contributed by atoms with E-state index in [2.05, 4.69) is 31.5 Å². The summed E-state index contributed by atoms with van der Waals surface area (Å²) in [6.45, 7) is 15.8. The first-order chi connectivity index (χ1) is 15.5. The van der Waals surface area contributed by atoms with Crippen LogP contribution < -0.4 is 4.90 Å². The molecule has 0 spiro atoms. The summed E-state index contributed by atoms with van der Waals surface area (Å²) in [6.07, 6.45) is 5.01. The predicted molar refractivity (Wildman–Crippen MR) is 122 cm³/mol. The fourth-order valence-corrected chi connectivity index (χ4v) is 4.28. The van der Waals surface area contributed by atoms with Crippen LogP contribution in [0.1, 0.15) is 37.1 Å².